The van der Waals surface area contributed by atoms with Crippen LogP contribution in [-0.2, 0) is 6.42 Å². The van der Waals surface area contributed by atoms with E-state index in [0.717, 1.165) is 45.0 Å². The van der Waals surface area contributed by atoms with Gasteiger partial charge < -0.3 is 19.9 Å². The first-order chi connectivity index (χ1) is 13.3. The van der Waals surface area contributed by atoms with Gasteiger partial charge in [-0.2, -0.15) is 0 Å². The minimum absolute atomic E-state index is 0.187. The molecule has 0 bridgehead atoms. The molecule has 2 heterocycles. The van der Waals surface area contributed by atoms with Crippen LogP contribution in [0.4, 0.5) is 0 Å². The lowest BCUT2D eigenvalue weighted by atomic mass is 9.94. The molecule has 0 spiro atoms. The first kappa shape index (κ1) is 18.1. The molecule has 4 nitrogen and oxygen atoms in total. The predicted octanol–water partition coefficient (Wildman–Crippen LogP) is 4.12. The number of para-hydroxylation sites is 1. The minimum Gasteiger partial charge on any atom is -0.492 e. The van der Waals surface area contributed by atoms with E-state index in [1.807, 2.05) is 0 Å². The lowest BCUT2D eigenvalue weighted by molar-refractivity contribution is 0.222. The first-order valence-corrected chi connectivity index (χ1v) is 10.1. The summed E-state index contributed by atoms with van der Waals surface area (Å²) in [7, 11) is 0. The second kappa shape index (κ2) is 8.15. The van der Waals surface area contributed by atoms with Crippen LogP contribution < -0.4 is 10.1 Å². The number of likely N-dealkylation sites (N-methyl/N-ethyl adjacent to an activating group) is 1. The average Bonchev–Trinajstić information content (AvgIpc) is 3.10. The van der Waals surface area contributed by atoms with Gasteiger partial charge in [0.25, 0.3) is 0 Å². The molecule has 2 N–H and O–H groups in total. The molecule has 4 rings (SSSR count). The maximum Gasteiger partial charge on any atom is 0.119 e. The SMILES string of the molecule is CCN(CC)CCOc1cccc(C2NCCc3c2[nH]c2ccccc32)c1. The fourth-order valence-electron chi connectivity index (χ4n) is 4.08. The van der Waals surface area contributed by atoms with Crippen LogP contribution in [0.5, 0.6) is 5.75 Å². The van der Waals surface area contributed by atoms with E-state index in [4.69, 9.17) is 4.74 Å². The lowest BCUT2D eigenvalue weighted by Gasteiger charge is -2.25. The number of ether oxygens (including phenoxy) is 1. The van der Waals surface area contributed by atoms with Gasteiger partial charge in [-0.3, -0.25) is 0 Å². The van der Waals surface area contributed by atoms with Gasteiger partial charge in [-0.15, -0.1) is 0 Å². The third-order valence-corrected chi connectivity index (χ3v) is 5.62. The normalized spacial score (nSPS) is 16.6. The highest BCUT2D eigenvalue weighted by molar-refractivity contribution is 5.85. The molecule has 0 saturated carbocycles. The van der Waals surface area contributed by atoms with Gasteiger partial charge in [-0.25, -0.2) is 0 Å². The predicted molar refractivity (Wildman–Crippen MR) is 112 cm³/mol. The molecule has 1 atom stereocenters. The van der Waals surface area contributed by atoms with E-state index in [0.29, 0.717) is 0 Å². The van der Waals surface area contributed by atoms with Crippen LogP contribution >= 0.6 is 0 Å². The van der Waals surface area contributed by atoms with Crippen LogP contribution in [-0.4, -0.2) is 42.7 Å². The van der Waals surface area contributed by atoms with Gasteiger partial charge in [0, 0.05) is 29.7 Å². The Labute approximate surface area is 161 Å². The molecule has 4 heteroatoms. The van der Waals surface area contributed by atoms with Crippen LogP contribution in [0.25, 0.3) is 10.9 Å². The minimum atomic E-state index is 0.187. The molecule has 0 aliphatic carbocycles. The number of hydrogen-bond donors (Lipinski definition) is 2. The summed E-state index contributed by atoms with van der Waals surface area (Å²) in [6.07, 6.45) is 1.07. The molecule has 0 fully saturated rings. The van der Waals surface area contributed by atoms with Crippen molar-refractivity contribution in [2.75, 3.05) is 32.8 Å². The van der Waals surface area contributed by atoms with E-state index in [1.54, 1.807) is 0 Å². The molecule has 3 aromatic rings. The second-order valence-corrected chi connectivity index (χ2v) is 7.15. The zero-order valence-corrected chi connectivity index (χ0v) is 16.3. The molecular formula is C23H29N3O. The summed E-state index contributed by atoms with van der Waals surface area (Å²) in [6.45, 7) is 9.19. The fraction of sp³-hybridized carbons (Fsp3) is 0.391. The monoisotopic (exact) mass is 363 g/mol. The van der Waals surface area contributed by atoms with Crippen molar-refractivity contribution in [2.45, 2.75) is 26.3 Å². The van der Waals surface area contributed by atoms with Gasteiger partial charge in [0.15, 0.2) is 0 Å². The van der Waals surface area contributed by atoms with E-state index in [2.05, 4.69) is 77.6 Å². The molecule has 1 unspecified atom stereocenters. The fourth-order valence-corrected chi connectivity index (χ4v) is 4.08. The third-order valence-electron chi connectivity index (χ3n) is 5.62. The zero-order valence-electron chi connectivity index (χ0n) is 16.3. The van der Waals surface area contributed by atoms with Gasteiger partial charge >= 0.3 is 0 Å². The Morgan fingerprint density at radius 1 is 1.07 bits per heavy atom. The summed E-state index contributed by atoms with van der Waals surface area (Å²) in [4.78, 5) is 6.03. The van der Waals surface area contributed by atoms with Crippen molar-refractivity contribution in [2.24, 2.45) is 0 Å². The Morgan fingerprint density at radius 3 is 2.78 bits per heavy atom. The molecule has 1 aromatic heterocycles. The summed E-state index contributed by atoms with van der Waals surface area (Å²) < 4.78 is 6.04. The van der Waals surface area contributed by atoms with E-state index < -0.39 is 0 Å². The molecule has 0 radical (unpaired) electrons. The second-order valence-electron chi connectivity index (χ2n) is 7.15. The number of benzene rings is 2. The van der Waals surface area contributed by atoms with Gasteiger partial charge in [-0.05, 0) is 48.8 Å². The third kappa shape index (κ3) is 3.73. The number of aromatic nitrogens is 1. The molecule has 142 valence electrons. The molecule has 0 saturated heterocycles. The van der Waals surface area contributed by atoms with Gasteiger partial charge in [-0.1, -0.05) is 44.2 Å². The van der Waals surface area contributed by atoms with Crippen LogP contribution in [0.3, 0.4) is 0 Å². The molecule has 0 amide bonds. The number of rotatable bonds is 7. The van der Waals surface area contributed by atoms with E-state index in [9.17, 15) is 0 Å². The highest BCUT2D eigenvalue weighted by atomic mass is 16.5. The molecule has 27 heavy (non-hydrogen) atoms. The number of H-pyrrole nitrogens is 1. The number of nitrogens with one attached hydrogen (secondary N) is 2. The van der Waals surface area contributed by atoms with Crippen LogP contribution in [0.2, 0.25) is 0 Å². The number of hydrogen-bond acceptors (Lipinski definition) is 3. The maximum absolute atomic E-state index is 6.04. The van der Waals surface area contributed by atoms with Crippen molar-refractivity contribution in [3.8, 4) is 5.75 Å². The Balaban J connectivity index is 1.55. The van der Waals surface area contributed by atoms with Crippen LogP contribution in [0.15, 0.2) is 48.5 Å². The highest BCUT2D eigenvalue weighted by Gasteiger charge is 2.25. The van der Waals surface area contributed by atoms with Crippen molar-refractivity contribution >= 4 is 10.9 Å². The Bertz CT molecular complexity index is 898. The summed E-state index contributed by atoms with van der Waals surface area (Å²) in [5, 5.41) is 5.03. The van der Waals surface area contributed by atoms with E-state index in [1.165, 1.54) is 27.7 Å². The lowest BCUT2D eigenvalue weighted by Crippen LogP contribution is -2.30. The maximum atomic E-state index is 6.04. The summed E-state index contributed by atoms with van der Waals surface area (Å²) >= 11 is 0. The topological polar surface area (TPSA) is 40.3 Å². The van der Waals surface area contributed by atoms with E-state index >= 15 is 0 Å². The largest absolute Gasteiger partial charge is 0.492 e. The first-order valence-electron chi connectivity index (χ1n) is 10.1. The Kier molecular flexibility index (Phi) is 5.46. The number of aromatic amines is 1. The summed E-state index contributed by atoms with van der Waals surface area (Å²) in [5.41, 5.74) is 5.22. The van der Waals surface area contributed by atoms with Crippen molar-refractivity contribution in [3.63, 3.8) is 0 Å². The van der Waals surface area contributed by atoms with Crippen molar-refractivity contribution in [1.82, 2.24) is 15.2 Å². The molecule has 2 aromatic carbocycles. The van der Waals surface area contributed by atoms with Crippen molar-refractivity contribution < 1.29 is 4.74 Å². The highest BCUT2D eigenvalue weighted by Crippen LogP contribution is 2.34. The molecule has 1 aliphatic rings. The van der Waals surface area contributed by atoms with Gasteiger partial charge in [0.1, 0.15) is 12.4 Å². The van der Waals surface area contributed by atoms with Crippen molar-refractivity contribution in [3.05, 3.63) is 65.4 Å². The molecular weight excluding hydrogens is 334 g/mol. The van der Waals surface area contributed by atoms with Gasteiger partial charge in [0.05, 0.1) is 6.04 Å². The number of fused-ring (bicyclic) bond motifs is 3. The number of nitrogens with zero attached hydrogens (tertiary/aromatic N) is 1. The average molecular weight is 364 g/mol. The summed E-state index contributed by atoms with van der Waals surface area (Å²) in [5.74, 6) is 0.949. The smallest absolute Gasteiger partial charge is 0.119 e. The van der Waals surface area contributed by atoms with Gasteiger partial charge in [0.2, 0.25) is 0 Å². The van der Waals surface area contributed by atoms with E-state index in [-0.39, 0.29) is 6.04 Å². The van der Waals surface area contributed by atoms with Crippen molar-refractivity contribution in [1.29, 1.82) is 0 Å². The Hall–Kier alpha value is -2.30. The Morgan fingerprint density at radius 2 is 1.93 bits per heavy atom. The summed E-state index contributed by atoms with van der Waals surface area (Å²) in [6, 6.07) is 17.3. The van der Waals surface area contributed by atoms with Crippen LogP contribution in [0.1, 0.15) is 36.7 Å². The quantitative estimate of drug-likeness (QED) is 0.663. The standard InChI is InChI=1S/C23H29N3O/c1-3-26(4-2)14-15-27-18-9-7-8-17(16-18)22-23-20(12-13-24-22)19-10-5-6-11-21(19)25-23/h5-11,16,22,24-25H,3-4,12-15H2,1-2H3. The van der Waals surface area contributed by atoms with Crippen LogP contribution in [0, 0.1) is 0 Å². The molecule has 1 aliphatic heterocycles. The zero-order chi connectivity index (χ0) is 18.6.